The number of benzene rings is 1. The highest BCUT2D eigenvalue weighted by Crippen LogP contribution is 2.34. The van der Waals surface area contributed by atoms with Crippen molar-refractivity contribution in [2.45, 2.75) is 14.9 Å². The maximum Gasteiger partial charge on any atom is 0.422 e. The minimum atomic E-state index is -4.60. The molecular formula is C14H14Cl3F3N2O5S. The highest BCUT2D eigenvalue weighted by atomic mass is 35.6. The Morgan fingerprint density at radius 1 is 1.14 bits per heavy atom. The Balaban J connectivity index is 2.26. The van der Waals surface area contributed by atoms with E-state index in [1.54, 1.807) is 0 Å². The number of carbonyl (C=O) groups is 1. The van der Waals surface area contributed by atoms with Gasteiger partial charge in [0.1, 0.15) is 5.75 Å². The Bertz CT molecular complexity index is 838. The van der Waals surface area contributed by atoms with Crippen LogP contribution in [-0.4, -0.2) is 66.5 Å². The van der Waals surface area contributed by atoms with Crippen molar-refractivity contribution in [2.24, 2.45) is 0 Å². The van der Waals surface area contributed by atoms with Crippen LogP contribution in [0.25, 0.3) is 0 Å². The molecule has 1 aromatic rings. The van der Waals surface area contributed by atoms with Crippen molar-refractivity contribution in [3.05, 3.63) is 18.2 Å². The van der Waals surface area contributed by atoms with Gasteiger partial charge < -0.3 is 14.5 Å². The van der Waals surface area contributed by atoms with Gasteiger partial charge in [-0.3, -0.25) is 9.35 Å². The zero-order valence-electron chi connectivity index (χ0n) is 13.9. The highest BCUT2D eigenvalue weighted by molar-refractivity contribution is 7.85. The van der Waals surface area contributed by atoms with Crippen LogP contribution in [0.5, 0.6) is 5.75 Å². The summed E-state index contributed by atoms with van der Waals surface area (Å²) in [6.07, 6.45) is -4.60. The van der Waals surface area contributed by atoms with Crippen LogP contribution in [0.3, 0.4) is 0 Å². The molecule has 158 valence electrons. The Morgan fingerprint density at radius 3 is 2.18 bits per heavy atom. The third-order valence-corrected chi connectivity index (χ3v) is 5.10. The number of alkyl halides is 6. The molecule has 1 heterocycles. The number of ether oxygens (including phenoxy) is 1. The van der Waals surface area contributed by atoms with Gasteiger partial charge in [0.05, 0.1) is 10.6 Å². The zero-order valence-corrected chi connectivity index (χ0v) is 17.0. The topological polar surface area (TPSA) is 87.2 Å². The molecule has 0 aliphatic carbocycles. The van der Waals surface area contributed by atoms with Crippen LogP contribution in [0.15, 0.2) is 23.1 Å². The van der Waals surface area contributed by atoms with Crippen molar-refractivity contribution < 1.29 is 35.7 Å². The van der Waals surface area contributed by atoms with E-state index in [0.29, 0.717) is 0 Å². The van der Waals surface area contributed by atoms with Crippen molar-refractivity contribution in [1.29, 1.82) is 0 Å². The number of nitrogens with zero attached hydrogens (tertiary/aromatic N) is 2. The standard InChI is InChI=1S/C14H14Cl3F3N2O5S/c15-14(16,17)12(23)22-5-3-21(4-6-22)10-7-9(28(24,25)26)1-2-11(10)27-8-13(18,19)20/h1-2,7H,3-6,8H2,(H,24,25,26). The van der Waals surface area contributed by atoms with Crippen molar-refractivity contribution >= 4 is 56.5 Å². The Labute approximate surface area is 173 Å². The average Bonchev–Trinajstić information content (AvgIpc) is 2.57. The fourth-order valence-electron chi connectivity index (χ4n) is 2.52. The summed E-state index contributed by atoms with van der Waals surface area (Å²) in [7, 11) is -4.59. The fraction of sp³-hybridized carbons (Fsp3) is 0.500. The number of carbonyl (C=O) groups excluding carboxylic acids is 1. The summed E-state index contributed by atoms with van der Waals surface area (Å²) in [5.41, 5.74) is 0.0142. The number of halogens is 6. The lowest BCUT2D eigenvalue weighted by atomic mass is 10.2. The Morgan fingerprint density at radius 2 is 1.71 bits per heavy atom. The maximum absolute atomic E-state index is 12.5. The van der Waals surface area contributed by atoms with E-state index in [9.17, 15) is 30.9 Å². The second-order valence-corrected chi connectivity index (χ2v) is 9.49. The first kappa shape index (κ1) is 23.1. The van der Waals surface area contributed by atoms with Gasteiger partial charge in [0.15, 0.2) is 6.61 Å². The Kier molecular flexibility index (Phi) is 6.87. The van der Waals surface area contributed by atoms with E-state index in [-0.39, 0.29) is 37.6 Å². The molecule has 0 atom stereocenters. The third kappa shape index (κ3) is 6.18. The van der Waals surface area contributed by atoms with E-state index in [4.69, 9.17) is 39.5 Å². The van der Waals surface area contributed by atoms with Crippen LogP contribution in [0.1, 0.15) is 0 Å². The summed E-state index contributed by atoms with van der Waals surface area (Å²) < 4.78 is 72.0. The lowest BCUT2D eigenvalue weighted by Crippen LogP contribution is -2.51. The molecule has 1 N–H and O–H groups in total. The molecule has 1 fully saturated rings. The van der Waals surface area contributed by atoms with Gasteiger partial charge in [0.25, 0.3) is 19.8 Å². The van der Waals surface area contributed by atoms with Crippen molar-refractivity contribution in [1.82, 2.24) is 4.90 Å². The molecule has 1 saturated heterocycles. The summed E-state index contributed by atoms with van der Waals surface area (Å²) in [5, 5.41) is 0. The van der Waals surface area contributed by atoms with Crippen LogP contribution in [0.4, 0.5) is 18.9 Å². The minimum absolute atomic E-state index is 0.0142. The minimum Gasteiger partial charge on any atom is -0.482 e. The van der Waals surface area contributed by atoms with E-state index in [1.165, 1.54) is 9.80 Å². The van der Waals surface area contributed by atoms with E-state index >= 15 is 0 Å². The number of hydrogen-bond donors (Lipinski definition) is 1. The lowest BCUT2D eigenvalue weighted by Gasteiger charge is -2.37. The monoisotopic (exact) mass is 484 g/mol. The van der Waals surface area contributed by atoms with Crippen LogP contribution in [0.2, 0.25) is 0 Å². The molecule has 1 aliphatic rings. The summed E-state index contributed by atoms with van der Waals surface area (Å²) in [6, 6.07) is 2.93. The maximum atomic E-state index is 12.5. The molecule has 0 radical (unpaired) electrons. The lowest BCUT2D eigenvalue weighted by molar-refractivity contribution is -0.153. The highest BCUT2D eigenvalue weighted by Gasteiger charge is 2.37. The first-order chi connectivity index (χ1) is 12.7. The average molecular weight is 486 g/mol. The molecular weight excluding hydrogens is 472 g/mol. The number of rotatable bonds is 4. The van der Waals surface area contributed by atoms with Crippen LogP contribution in [-0.2, 0) is 14.9 Å². The van der Waals surface area contributed by atoms with E-state index in [1.807, 2.05) is 0 Å². The molecule has 1 aliphatic heterocycles. The zero-order chi connectivity index (χ0) is 21.3. The molecule has 0 bridgehead atoms. The summed E-state index contributed by atoms with van der Waals surface area (Å²) in [4.78, 5) is 14.2. The Hall–Kier alpha value is -1.14. The van der Waals surface area contributed by atoms with Crippen molar-refractivity contribution in [3.8, 4) is 5.75 Å². The van der Waals surface area contributed by atoms with Gasteiger partial charge in [0.2, 0.25) is 0 Å². The summed E-state index contributed by atoms with van der Waals surface area (Å²) >= 11 is 16.7. The van der Waals surface area contributed by atoms with E-state index in [0.717, 1.165) is 18.2 Å². The SMILES string of the molecule is O=C(N1CCN(c2cc(S(=O)(=O)O)ccc2OCC(F)(F)F)CC1)C(Cl)(Cl)Cl. The molecule has 2 rings (SSSR count). The number of hydrogen-bond acceptors (Lipinski definition) is 5. The van der Waals surface area contributed by atoms with Gasteiger partial charge in [-0.05, 0) is 18.2 Å². The third-order valence-electron chi connectivity index (χ3n) is 3.77. The largest absolute Gasteiger partial charge is 0.482 e. The van der Waals surface area contributed by atoms with Gasteiger partial charge in [-0.1, -0.05) is 34.8 Å². The van der Waals surface area contributed by atoms with E-state index in [2.05, 4.69) is 0 Å². The molecule has 0 spiro atoms. The molecule has 28 heavy (non-hydrogen) atoms. The molecule has 1 aromatic carbocycles. The van der Waals surface area contributed by atoms with Crippen molar-refractivity contribution in [3.63, 3.8) is 0 Å². The first-order valence-electron chi connectivity index (χ1n) is 7.60. The van der Waals surface area contributed by atoms with Gasteiger partial charge in [-0.25, -0.2) is 0 Å². The van der Waals surface area contributed by atoms with Gasteiger partial charge in [-0.2, -0.15) is 21.6 Å². The number of anilines is 1. The van der Waals surface area contributed by atoms with Crippen LogP contribution in [0, 0.1) is 0 Å². The molecule has 1 amide bonds. The summed E-state index contributed by atoms with van der Waals surface area (Å²) in [5.74, 6) is -0.983. The number of amides is 1. The molecule has 0 unspecified atom stereocenters. The molecule has 14 heteroatoms. The first-order valence-corrected chi connectivity index (χ1v) is 10.2. The molecule has 7 nitrogen and oxygen atoms in total. The number of piperazine rings is 1. The van der Waals surface area contributed by atoms with Gasteiger partial charge in [-0.15, -0.1) is 0 Å². The molecule has 0 saturated carbocycles. The second-order valence-electron chi connectivity index (χ2n) is 5.79. The second kappa shape index (κ2) is 8.31. The summed E-state index contributed by atoms with van der Waals surface area (Å²) in [6.45, 7) is -1.24. The van der Waals surface area contributed by atoms with Crippen LogP contribution >= 0.6 is 34.8 Å². The molecule has 0 aromatic heterocycles. The van der Waals surface area contributed by atoms with Gasteiger partial charge in [0, 0.05) is 26.2 Å². The smallest absolute Gasteiger partial charge is 0.422 e. The van der Waals surface area contributed by atoms with E-state index < -0.39 is 37.5 Å². The van der Waals surface area contributed by atoms with Crippen LogP contribution < -0.4 is 9.64 Å². The predicted molar refractivity (Wildman–Crippen MR) is 96.9 cm³/mol. The quantitative estimate of drug-likeness (QED) is 0.521. The van der Waals surface area contributed by atoms with Crippen molar-refractivity contribution in [2.75, 3.05) is 37.7 Å². The predicted octanol–water partition coefficient (Wildman–Crippen LogP) is 2.89. The van der Waals surface area contributed by atoms with Gasteiger partial charge >= 0.3 is 6.18 Å². The normalized spacial score (nSPS) is 16.2. The fourth-order valence-corrected chi connectivity index (χ4v) is 3.38.